The molecule has 0 aliphatic carbocycles. The Balaban J connectivity index is 1.91. The van der Waals surface area contributed by atoms with Crippen LogP contribution in [0.2, 0.25) is 0 Å². The van der Waals surface area contributed by atoms with E-state index >= 15 is 0 Å². The van der Waals surface area contributed by atoms with Crippen LogP contribution in [0.25, 0.3) is 34.2 Å². The standard InChI is InChI=1S/C21H14N4O2/c26-25(27)18-13-7-12-17(14-18)21-23-19(15-8-3-1-4-9-15)22-20(24-21)16-10-5-2-6-11-16/h1-14H. The predicted octanol–water partition coefficient (Wildman–Crippen LogP) is 4.78. The lowest BCUT2D eigenvalue weighted by Gasteiger charge is -2.08. The first-order valence-corrected chi connectivity index (χ1v) is 8.32. The second-order valence-corrected chi connectivity index (χ2v) is 5.85. The molecule has 0 amide bonds. The minimum Gasteiger partial charge on any atom is -0.258 e. The lowest BCUT2D eigenvalue weighted by atomic mass is 10.1. The van der Waals surface area contributed by atoms with Crippen LogP contribution in [0.1, 0.15) is 0 Å². The summed E-state index contributed by atoms with van der Waals surface area (Å²) in [5.74, 6) is 1.43. The summed E-state index contributed by atoms with van der Waals surface area (Å²) in [5, 5.41) is 11.1. The van der Waals surface area contributed by atoms with Crippen LogP contribution in [-0.2, 0) is 0 Å². The molecule has 4 aromatic rings. The number of hydrogen-bond acceptors (Lipinski definition) is 5. The van der Waals surface area contributed by atoms with Gasteiger partial charge in [-0.1, -0.05) is 72.8 Å². The maximum Gasteiger partial charge on any atom is 0.270 e. The van der Waals surface area contributed by atoms with Crippen LogP contribution >= 0.6 is 0 Å². The highest BCUT2D eigenvalue weighted by Crippen LogP contribution is 2.26. The van der Waals surface area contributed by atoms with Gasteiger partial charge in [-0.05, 0) is 0 Å². The second-order valence-electron chi connectivity index (χ2n) is 5.85. The fraction of sp³-hybridized carbons (Fsp3) is 0. The Bertz CT molecular complexity index is 1040. The van der Waals surface area contributed by atoms with Crippen molar-refractivity contribution in [2.24, 2.45) is 0 Å². The van der Waals surface area contributed by atoms with Gasteiger partial charge in [-0.25, -0.2) is 15.0 Å². The normalized spacial score (nSPS) is 10.5. The number of hydrogen-bond donors (Lipinski definition) is 0. The molecule has 0 fully saturated rings. The molecule has 0 aliphatic rings. The van der Waals surface area contributed by atoms with Crippen molar-refractivity contribution < 1.29 is 4.92 Å². The van der Waals surface area contributed by atoms with Crippen molar-refractivity contribution in [2.75, 3.05) is 0 Å². The van der Waals surface area contributed by atoms with Crippen molar-refractivity contribution in [3.05, 3.63) is 95.0 Å². The largest absolute Gasteiger partial charge is 0.270 e. The Kier molecular flexibility index (Phi) is 4.37. The van der Waals surface area contributed by atoms with Gasteiger partial charge in [-0.15, -0.1) is 0 Å². The van der Waals surface area contributed by atoms with Crippen LogP contribution in [0.5, 0.6) is 0 Å². The van der Waals surface area contributed by atoms with Crippen molar-refractivity contribution in [3.63, 3.8) is 0 Å². The van der Waals surface area contributed by atoms with Gasteiger partial charge in [0, 0.05) is 28.8 Å². The van der Waals surface area contributed by atoms with E-state index in [0.717, 1.165) is 11.1 Å². The maximum absolute atomic E-state index is 11.1. The van der Waals surface area contributed by atoms with E-state index in [2.05, 4.69) is 15.0 Å². The van der Waals surface area contributed by atoms with Crippen molar-refractivity contribution in [2.45, 2.75) is 0 Å². The number of benzene rings is 3. The highest BCUT2D eigenvalue weighted by Gasteiger charge is 2.14. The van der Waals surface area contributed by atoms with Crippen molar-refractivity contribution >= 4 is 5.69 Å². The van der Waals surface area contributed by atoms with Crippen LogP contribution in [0.4, 0.5) is 5.69 Å². The van der Waals surface area contributed by atoms with Gasteiger partial charge in [0.15, 0.2) is 17.5 Å². The molecule has 0 saturated carbocycles. The van der Waals surface area contributed by atoms with Gasteiger partial charge in [0.05, 0.1) is 4.92 Å². The van der Waals surface area contributed by atoms with Gasteiger partial charge in [-0.2, -0.15) is 0 Å². The Labute approximate surface area is 155 Å². The first kappa shape index (κ1) is 16.5. The van der Waals surface area contributed by atoms with Gasteiger partial charge in [0.2, 0.25) is 0 Å². The quantitative estimate of drug-likeness (QED) is 0.389. The SMILES string of the molecule is O=[N+]([O-])c1cccc(-c2nc(-c3ccccc3)nc(-c3ccccc3)n2)c1. The zero-order valence-electron chi connectivity index (χ0n) is 14.2. The Morgan fingerprint density at radius 1 is 0.593 bits per heavy atom. The van der Waals surface area contributed by atoms with E-state index in [1.165, 1.54) is 12.1 Å². The van der Waals surface area contributed by atoms with E-state index in [1.807, 2.05) is 60.7 Å². The molecule has 130 valence electrons. The summed E-state index contributed by atoms with van der Waals surface area (Å²) in [5.41, 5.74) is 2.27. The summed E-state index contributed by atoms with van der Waals surface area (Å²) in [6, 6.07) is 25.5. The van der Waals surface area contributed by atoms with Gasteiger partial charge >= 0.3 is 0 Å². The fourth-order valence-corrected chi connectivity index (χ4v) is 2.70. The monoisotopic (exact) mass is 354 g/mol. The second kappa shape index (κ2) is 7.13. The third-order valence-corrected chi connectivity index (χ3v) is 4.01. The van der Waals surface area contributed by atoms with Crippen molar-refractivity contribution in [3.8, 4) is 34.2 Å². The molecule has 1 aromatic heterocycles. The molecule has 3 aromatic carbocycles. The van der Waals surface area contributed by atoms with Gasteiger partial charge in [0.25, 0.3) is 5.69 Å². The summed E-state index contributed by atoms with van der Waals surface area (Å²) in [6.45, 7) is 0. The summed E-state index contributed by atoms with van der Waals surface area (Å²) < 4.78 is 0. The Morgan fingerprint density at radius 3 is 1.52 bits per heavy atom. The fourth-order valence-electron chi connectivity index (χ4n) is 2.70. The number of nitrogens with zero attached hydrogens (tertiary/aromatic N) is 4. The minimum absolute atomic E-state index is 0.00423. The lowest BCUT2D eigenvalue weighted by Crippen LogP contribution is -2.00. The molecule has 0 atom stereocenters. The van der Waals surface area contributed by atoms with Gasteiger partial charge < -0.3 is 0 Å². The number of nitro benzene ring substituents is 1. The number of nitro groups is 1. The lowest BCUT2D eigenvalue weighted by molar-refractivity contribution is -0.384. The summed E-state index contributed by atoms with van der Waals surface area (Å²) >= 11 is 0. The average molecular weight is 354 g/mol. The smallest absolute Gasteiger partial charge is 0.258 e. The first-order valence-electron chi connectivity index (χ1n) is 8.32. The third kappa shape index (κ3) is 3.55. The molecule has 4 rings (SSSR count). The van der Waals surface area contributed by atoms with E-state index in [9.17, 15) is 10.1 Å². The zero-order chi connectivity index (χ0) is 18.6. The van der Waals surface area contributed by atoms with Crippen LogP contribution in [0.15, 0.2) is 84.9 Å². The molecule has 6 nitrogen and oxygen atoms in total. The van der Waals surface area contributed by atoms with Crippen LogP contribution in [0, 0.1) is 10.1 Å². The molecular formula is C21H14N4O2. The zero-order valence-corrected chi connectivity index (χ0v) is 14.2. The summed E-state index contributed by atoms with van der Waals surface area (Å²) in [6.07, 6.45) is 0. The topological polar surface area (TPSA) is 81.8 Å². The van der Waals surface area contributed by atoms with Crippen LogP contribution < -0.4 is 0 Å². The molecule has 0 spiro atoms. The molecule has 0 saturated heterocycles. The molecule has 1 heterocycles. The van der Waals surface area contributed by atoms with Crippen molar-refractivity contribution in [1.82, 2.24) is 15.0 Å². The van der Waals surface area contributed by atoms with E-state index in [-0.39, 0.29) is 5.69 Å². The molecular weight excluding hydrogens is 340 g/mol. The van der Waals surface area contributed by atoms with Gasteiger partial charge in [-0.3, -0.25) is 10.1 Å². The van der Waals surface area contributed by atoms with Crippen molar-refractivity contribution in [1.29, 1.82) is 0 Å². The van der Waals surface area contributed by atoms with E-state index in [1.54, 1.807) is 12.1 Å². The Hall–Kier alpha value is -3.93. The Morgan fingerprint density at radius 2 is 1.04 bits per heavy atom. The predicted molar refractivity (Wildman–Crippen MR) is 103 cm³/mol. The van der Waals surface area contributed by atoms with E-state index in [0.29, 0.717) is 23.0 Å². The van der Waals surface area contributed by atoms with Gasteiger partial charge in [0.1, 0.15) is 0 Å². The van der Waals surface area contributed by atoms with E-state index < -0.39 is 4.92 Å². The third-order valence-electron chi connectivity index (χ3n) is 4.01. The number of aromatic nitrogens is 3. The first-order chi connectivity index (χ1) is 13.2. The highest BCUT2D eigenvalue weighted by molar-refractivity contribution is 5.67. The molecule has 0 N–H and O–H groups in total. The molecule has 0 aliphatic heterocycles. The summed E-state index contributed by atoms with van der Waals surface area (Å²) in [4.78, 5) is 24.4. The molecule has 0 radical (unpaired) electrons. The number of rotatable bonds is 4. The molecule has 0 unspecified atom stereocenters. The minimum atomic E-state index is -0.430. The highest BCUT2D eigenvalue weighted by atomic mass is 16.6. The molecule has 27 heavy (non-hydrogen) atoms. The maximum atomic E-state index is 11.1. The van der Waals surface area contributed by atoms with E-state index in [4.69, 9.17) is 0 Å². The molecule has 6 heteroatoms. The number of non-ortho nitro benzene ring substituents is 1. The van der Waals surface area contributed by atoms with Crippen LogP contribution in [0.3, 0.4) is 0 Å². The summed E-state index contributed by atoms with van der Waals surface area (Å²) in [7, 11) is 0. The van der Waals surface area contributed by atoms with Crippen LogP contribution in [-0.4, -0.2) is 19.9 Å². The molecule has 0 bridgehead atoms. The average Bonchev–Trinajstić information content (AvgIpc) is 2.75.